The molecule has 7 heteroatoms. The monoisotopic (exact) mass is 340 g/mol. The van der Waals surface area contributed by atoms with Crippen molar-refractivity contribution in [3.63, 3.8) is 0 Å². The van der Waals surface area contributed by atoms with Crippen LogP contribution in [0.15, 0.2) is 18.2 Å². The highest BCUT2D eigenvalue weighted by molar-refractivity contribution is 5.81. The van der Waals surface area contributed by atoms with E-state index in [2.05, 4.69) is 4.98 Å². The Balaban J connectivity index is 2.31. The number of methoxy groups -OCH3 is 1. The molecule has 0 saturated carbocycles. The topological polar surface area (TPSA) is 92.2 Å². The Kier molecular flexibility index (Phi) is 4.28. The Labute approximate surface area is 144 Å². The van der Waals surface area contributed by atoms with Crippen LogP contribution in [0.25, 0.3) is 11.1 Å². The van der Waals surface area contributed by atoms with Gasteiger partial charge in [-0.3, -0.25) is 4.79 Å². The van der Waals surface area contributed by atoms with Gasteiger partial charge in [-0.2, -0.15) is 5.26 Å². The lowest BCUT2D eigenvalue weighted by molar-refractivity contribution is -0.129. The Hall–Kier alpha value is -3.14. The molecule has 6 nitrogen and oxygen atoms in total. The number of ether oxygens (including phenoxy) is 1. The minimum absolute atomic E-state index is 0.0646. The molecule has 0 atom stereocenters. The Bertz CT molecular complexity index is 905. The fourth-order valence-electron chi connectivity index (χ4n) is 3.12. The Morgan fingerprint density at radius 1 is 1.48 bits per heavy atom. The number of carbonyl (C=O) groups excluding carboxylic acids is 1. The molecular weight excluding hydrogens is 323 g/mol. The van der Waals surface area contributed by atoms with E-state index in [1.165, 1.54) is 20.1 Å². The van der Waals surface area contributed by atoms with E-state index in [0.29, 0.717) is 29.8 Å². The minimum atomic E-state index is -0.575. The molecule has 0 radical (unpaired) electrons. The minimum Gasteiger partial charge on any atom is -0.494 e. The average Bonchev–Trinajstić information content (AvgIpc) is 2.60. The maximum Gasteiger partial charge on any atom is 0.219 e. The number of halogens is 1. The molecule has 0 aliphatic carbocycles. The number of aromatic nitrogens is 1. The first-order valence-corrected chi connectivity index (χ1v) is 7.77. The van der Waals surface area contributed by atoms with Gasteiger partial charge in [-0.1, -0.05) is 12.1 Å². The molecule has 1 amide bonds. The number of nitrogens with two attached hydrogens (primary N) is 1. The molecule has 25 heavy (non-hydrogen) atoms. The quantitative estimate of drug-likeness (QED) is 0.905. The first-order valence-electron chi connectivity index (χ1n) is 7.77. The van der Waals surface area contributed by atoms with E-state index in [9.17, 15) is 14.4 Å². The van der Waals surface area contributed by atoms with Crippen LogP contribution >= 0.6 is 0 Å². The first kappa shape index (κ1) is 16.7. The highest BCUT2D eigenvalue weighted by Gasteiger charge is 2.28. The fourth-order valence-corrected chi connectivity index (χ4v) is 3.12. The number of nitriles is 1. The molecule has 0 fully saturated rings. The molecule has 1 aliphatic heterocycles. The maximum absolute atomic E-state index is 14.9. The summed E-state index contributed by atoms with van der Waals surface area (Å²) < 4.78 is 19.9. The van der Waals surface area contributed by atoms with Crippen molar-refractivity contribution < 1.29 is 13.9 Å². The summed E-state index contributed by atoms with van der Waals surface area (Å²) in [5, 5.41) is 9.55. The molecule has 2 N–H and O–H groups in total. The second-order valence-corrected chi connectivity index (χ2v) is 5.80. The molecule has 0 spiro atoms. The van der Waals surface area contributed by atoms with Crippen molar-refractivity contribution in [3.8, 4) is 22.9 Å². The number of fused-ring (bicyclic) bond motifs is 1. The number of carbonyl (C=O) groups is 1. The Morgan fingerprint density at radius 2 is 2.24 bits per heavy atom. The SMILES string of the molecule is COc1cccc(-c2c(C#N)c(N)nc3c2CN(C(C)=O)CC3)c1F. The van der Waals surface area contributed by atoms with Crippen molar-refractivity contribution in [2.24, 2.45) is 0 Å². The zero-order valence-electron chi connectivity index (χ0n) is 14.0. The van der Waals surface area contributed by atoms with E-state index < -0.39 is 5.82 Å². The zero-order valence-corrected chi connectivity index (χ0v) is 14.0. The van der Waals surface area contributed by atoms with Crippen molar-refractivity contribution in [3.05, 3.63) is 40.8 Å². The Morgan fingerprint density at radius 3 is 2.88 bits per heavy atom. The number of hydrogen-bond donors (Lipinski definition) is 1. The molecular formula is C18H17FN4O2. The molecule has 1 aliphatic rings. The third-order valence-corrected chi connectivity index (χ3v) is 4.39. The van der Waals surface area contributed by atoms with E-state index in [1.807, 2.05) is 6.07 Å². The van der Waals surface area contributed by atoms with Gasteiger partial charge in [-0.25, -0.2) is 9.37 Å². The molecule has 2 heterocycles. The molecule has 0 unspecified atom stereocenters. The number of nitrogen functional groups attached to an aromatic ring is 1. The predicted molar refractivity (Wildman–Crippen MR) is 90.1 cm³/mol. The lowest BCUT2D eigenvalue weighted by Crippen LogP contribution is -2.35. The van der Waals surface area contributed by atoms with Crippen molar-refractivity contribution >= 4 is 11.7 Å². The highest BCUT2D eigenvalue weighted by Crippen LogP contribution is 2.38. The smallest absolute Gasteiger partial charge is 0.219 e. The van der Waals surface area contributed by atoms with Crippen molar-refractivity contribution in [1.29, 1.82) is 5.26 Å². The standard InChI is InChI=1S/C18H17FN4O2/c1-10(24)23-7-6-14-13(9-23)16(12(8-20)18(21)22-14)11-4-3-5-15(25-2)17(11)19/h3-5H,6-7,9H2,1-2H3,(H2,21,22). The first-order chi connectivity index (χ1) is 12.0. The second kappa shape index (κ2) is 6.40. The zero-order chi connectivity index (χ0) is 18.1. The second-order valence-electron chi connectivity index (χ2n) is 5.80. The van der Waals surface area contributed by atoms with E-state index in [-0.39, 0.29) is 35.1 Å². The van der Waals surface area contributed by atoms with Crippen molar-refractivity contribution in [2.75, 3.05) is 19.4 Å². The van der Waals surface area contributed by atoms with Gasteiger partial charge in [0.2, 0.25) is 5.91 Å². The van der Waals surface area contributed by atoms with Crippen LogP contribution in [-0.4, -0.2) is 29.4 Å². The van der Waals surface area contributed by atoms with Crippen LogP contribution in [0.1, 0.15) is 23.7 Å². The number of nitrogens with zero attached hydrogens (tertiary/aromatic N) is 3. The van der Waals surface area contributed by atoms with Gasteiger partial charge >= 0.3 is 0 Å². The maximum atomic E-state index is 14.9. The van der Waals surface area contributed by atoms with E-state index in [0.717, 1.165) is 0 Å². The van der Waals surface area contributed by atoms with Crippen LogP contribution in [0.5, 0.6) is 5.75 Å². The summed E-state index contributed by atoms with van der Waals surface area (Å²) in [6.45, 7) is 2.26. The van der Waals surface area contributed by atoms with E-state index >= 15 is 0 Å². The third kappa shape index (κ3) is 2.76. The number of benzene rings is 1. The summed E-state index contributed by atoms with van der Waals surface area (Å²) >= 11 is 0. The molecule has 0 bridgehead atoms. The largest absolute Gasteiger partial charge is 0.494 e. The van der Waals surface area contributed by atoms with Gasteiger partial charge in [-0.05, 0) is 6.07 Å². The van der Waals surface area contributed by atoms with Crippen molar-refractivity contribution in [1.82, 2.24) is 9.88 Å². The normalized spacial score (nSPS) is 13.1. The van der Waals surface area contributed by atoms with Crippen LogP contribution in [0.3, 0.4) is 0 Å². The number of pyridine rings is 1. The molecule has 2 aromatic rings. The van der Waals surface area contributed by atoms with Gasteiger partial charge in [0.15, 0.2) is 11.6 Å². The molecule has 1 aromatic carbocycles. The van der Waals surface area contributed by atoms with E-state index in [1.54, 1.807) is 17.0 Å². The fraction of sp³-hybridized carbons (Fsp3) is 0.278. The van der Waals surface area contributed by atoms with Crippen LogP contribution < -0.4 is 10.5 Å². The van der Waals surface area contributed by atoms with Crippen molar-refractivity contribution in [2.45, 2.75) is 19.9 Å². The molecule has 0 saturated heterocycles. The summed E-state index contributed by atoms with van der Waals surface area (Å²) in [6, 6.07) is 6.74. The van der Waals surface area contributed by atoms with Crippen LogP contribution in [0.2, 0.25) is 0 Å². The number of rotatable bonds is 2. The summed E-state index contributed by atoms with van der Waals surface area (Å²) in [5.41, 5.74) is 7.98. The molecule has 1 aromatic heterocycles. The van der Waals surface area contributed by atoms with Gasteiger partial charge in [0, 0.05) is 43.1 Å². The average molecular weight is 340 g/mol. The summed E-state index contributed by atoms with van der Waals surface area (Å²) in [5.74, 6) is -0.521. The highest BCUT2D eigenvalue weighted by atomic mass is 19.1. The summed E-state index contributed by atoms with van der Waals surface area (Å²) in [4.78, 5) is 17.7. The summed E-state index contributed by atoms with van der Waals surface area (Å²) in [7, 11) is 1.38. The van der Waals surface area contributed by atoms with Gasteiger partial charge in [-0.15, -0.1) is 0 Å². The lowest BCUT2D eigenvalue weighted by atomic mass is 9.90. The molecule has 3 rings (SSSR count). The van der Waals surface area contributed by atoms with E-state index in [4.69, 9.17) is 10.5 Å². The van der Waals surface area contributed by atoms with Gasteiger partial charge in [0.05, 0.1) is 12.8 Å². The van der Waals surface area contributed by atoms with Gasteiger partial charge in [0.1, 0.15) is 17.5 Å². The van der Waals surface area contributed by atoms with Gasteiger partial charge < -0.3 is 15.4 Å². The number of amides is 1. The predicted octanol–water partition coefficient (Wildman–Crippen LogP) is 2.25. The van der Waals surface area contributed by atoms with Gasteiger partial charge in [0.25, 0.3) is 0 Å². The number of anilines is 1. The number of hydrogen-bond acceptors (Lipinski definition) is 5. The van der Waals surface area contributed by atoms with Crippen LogP contribution in [-0.2, 0) is 17.8 Å². The molecule has 128 valence electrons. The summed E-state index contributed by atoms with van der Waals surface area (Å²) in [6.07, 6.45) is 0.503. The van der Waals surface area contributed by atoms with Crippen LogP contribution in [0, 0.1) is 17.1 Å². The third-order valence-electron chi connectivity index (χ3n) is 4.39. The lowest BCUT2D eigenvalue weighted by Gasteiger charge is -2.30. The van der Waals surface area contributed by atoms with Crippen LogP contribution in [0.4, 0.5) is 10.2 Å².